The van der Waals surface area contributed by atoms with Gasteiger partial charge in [0.2, 0.25) is 0 Å². The first-order valence-corrected chi connectivity index (χ1v) is 7.01. The average Bonchev–Trinajstić information content (AvgIpc) is 2.30. The molecule has 18 heavy (non-hydrogen) atoms. The Morgan fingerprint density at radius 1 is 1.28 bits per heavy atom. The van der Waals surface area contributed by atoms with E-state index in [2.05, 4.69) is 31.2 Å². The van der Waals surface area contributed by atoms with Gasteiger partial charge in [-0.3, -0.25) is 0 Å². The van der Waals surface area contributed by atoms with Gasteiger partial charge in [0.1, 0.15) is 0 Å². The van der Waals surface area contributed by atoms with Crippen molar-refractivity contribution in [2.45, 2.75) is 50.5 Å². The summed E-state index contributed by atoms with van der Waals surface area (Å²) in [5.41, 5.74) is 9.46. The third kappa shape index (κ3) is 2.60. The normalized spacial score (nSPS) is 19.3. The highest BCUT2D eigenvalue weighted by Gasteiger charge is 2.43. The highest BCUT2D eigenvalue weighted by molar-refractivity contribution is 5.32. The molecule has 1 aromatic rings. The summed E-state index contributed by atoms with van der Waals surface area (Å²) in [6.07, 6.45) is 5.91. The lowest BCUT2D eigenvalue weighted by Crippen LogP contribution is -2.50. The van der Waals surface area contributed by atoms with Crippen molar-refractivity contribution in [1.82, 2.24) is 0 Å². The zero-order valence-corrected chi connectivity index (χ0v) is 11.6. The van der Waals surface area contributed by atoms with E-state index in [1.807, 2.05) is 0 Å². The van der Waals surface area contributed by atoms with Crippen LogP contribution in [0.1, 0.15) is 43.2 Å². The number of hydrogen-bond acceptors (Lipinski definition) is 2. The minimum atomic E-state index is 0.238. The lowest BCUT2D eigenvalue weighted by molar-refractivity contribution is 0.159. The lowest BCUT2D eigenvalue weighted by Gasteiger charge is -2.47. The molecule has 1 atom stereocenters. The molecular weight excluding hydrogens is 222 g/mol. The molecule has 1 unspecified atom stereocenters. The zero-order valence-electron chi connectivity index (χ0n) is 11.6. The molecule has 1 aliphatic rings. The van der Waals surface area contributed by atoms with Gasteiger partial charge in [0, 0.05) is 25.2 Å². The first-order valence-electron chi connectivity index (χ1n) is 7.01. The Balaban J connectivity index is 2.07. The van der Waals surface area contributed by atoms with E-state index in [1.54, 1.807) is 7.11 Å². The van der Waals surface area contributed by atoms with Crippen LogP contribution in [0.15, 0.2) is 24.3 Å². The smallest absolute Gasteiger partial charge is 0.0462 e. The largest absolute Gasteiger partial charge is 0.385 e. The quantitative estimate of drug-likeness (QED) is 0.784. The second-order valence-electron chi connectivity index (χ2n) is 5.62. The molecule has 0 amide bonds. The SMILES string of the molecule is COCCCC(N)C1(c2ccc(C)cc2)CCC1. The van der Waals surface area contributed by atoms with Crippen molar-refractivity contribution >= 4 is 0 Å². The van der Waals surface area contributed by atoms with Crippen LogP contribution in [0.2, 0.25) is 0 Å². The summed E-state index contributed by atoms with van der Waals surface area (Å²) >= 11 is 0. The lowest BCUT2D eigenvalue weighted by atomic mass is 9.59. The van der Waals surface area contributed by atoms with Gasteiger partial charge >= 0.3 is 0 Å². The maximum absolute atomic E-state index is 6.47. The van der Waals surface area contributed by atoms with Gasteiger partial charge in [-0.15, -0.1) is 0 Å². The highest BCUT2D eigenvalue weighted by Crippen LogP contribution is 2.46. The predicted molar refractivity (Wildman–Crippen MR) is 75.8 cm³/mol. The van der Waals surface area contributed by atoms with Gasteiger partial charge in [0.05, 0.1) is 0 Å². The van der Waals surface area contributed by atoms with Gasteiger partial charge in [0.25, 0.3) is 0 Å². The number of methoxy groups -OCH3 is 1. The van der Waals surface area contributed by atoms with Crippen LogP contribution < -0.4 is 5.73 Å². The molecule has 1 saturated carbocycles. The fourth-order valence-electron chi connectivity index (χ4n) is 3.04. The maximum atomic E-state index is 6.47. The first-order chi connectivity index (χ1) is 8.69. The Morgan fingerprint density at radius 3 is 2.44 bits per heavy atom. The Kier molecular flexibility index (Phi) is 4.41. The van der Waals surface area contributed by atoms with Crippen LogP contribution in [0.5, 0.6) is 0 Å². The molecule has 2 nitrogen and oxygen atoms in total. The Morgan fingerprint density at radius 2 is 1.94 bits per heavy atom. The Hall–Kier alpha value is -0.860. The average molecular weight is 247 g/mol. The summed E-state index contributed by atoms with van der Waals surface area (Å²) in [7, 11) is 1.75. The molecule has 0 aliphatic heterocycles. The van der Waals surface area contributed by atoms with Gasteiger partial charge in [-0.2, -0.15) is 0 Å². The third-order valence-corrected chi connectivity index (χ3v) is 4.45. The molecule has 2 rings (SSSR count). The molecule has 0 saturated heterocycles. The van der Waals surface area contributed by atoms with Crippen LogP contribution in [-0.4, -0.2) is 19.8 Å². The zero-order chi connectivity index (χ0) is 13.0. The van der Waals surface area contributed by atoms with E-state index in [9.17, 15) is 0 Å². The summed E-state index contributed by atoms with van der Waals surface area (Å²) in [4.78, 5) is 0. The summed E-state index contributed by atoms with van der Waals surface area (Å²) in [6, 6.07) is 9.22. The number of ether oxygens (including phenoxy) is 1. The van der Waals surface area contributed by atoms with Crippen molar-refractivity contribution in [3.63, 3.8) is 0 Å². The molecular formula is C16H25NO. The van der Waals surface area contributed by atoms with E-state index in [1.165, 1.54) is 30.4 Å². The van der Waals surface area contributed by atoms with Gasteiger partial charge in [-0.1, -0.05) is 36.2 Å². The standard InChI is InChI=1S/C16H25NO/c1-13-6-8-14(9-7-13)16(10-4-11-16)15(17)5-3-12-18-2/h6-9,15H,3-5,10-12,17H2,1-2H3. The van der Waals surface area contributed by atoms with Crippen molar-refractivity contribution in [1.29, 1.82) is 0 Å². The number of nitrogens with two attached hydrogens (primary N) is 1. The molecule has 1 fully saturated rings. The highest BCUT2D eigenvalue weighted by atomic mass is 16.5. The topological polar surface area (TPSA) is 35.2 Å². The maximum Gasteiger partial charge on any atom is 0.0462 e. The van der Waals surface area contributed by atoms with E-state index in [4.69, 9.17) is 10.5 Å². The molecule has 1 aromatic carbocycles. The second kappa shape index (κ2) is 5.85. The van der Waals surface area contributed by atoms with Crippen LogP contribution >= 0.6 is 0 Å². The van der Waals surface area contributed by atoms with Gasteiger partial charge in [-0.25, -0.2) is 0 Å². The molecule has 0 spiro atoms. The molecule has 2 heteroatoms. The van der Waals surface area contributed by atoms with Crippen LogP contribution in [0.25, 0.3) is 0 Å². The predicted octanol–water partition coefficient (Wildman–Crippen LogP) is 3.17. The molecule has 0 aromatic heterocycles. The molecule has 100 valence electrons. The third-order valence-electron chi connectivity index (χ3n) is 4.45. The van der Waals surface area contributed by atoms with Crippen LogP contribution in [0.4, 0.5) is 0 Å². The molecule has 0 heterocycles. The Labute approximate surface area is 111 Å². The van der Waals surface area contributed by atoms with E-state index in [-0.39, 0.29) is 11.5 Å². The van der Waals surface area contributed by atoms with Gasteiger partial charge < -0.3 is 10.5 Å². The van der Waals surface area contributed by atoms with E-state index in [0.29, 0.717) is 0 Å². The molecule has 0 bridgehead atoms. The monoisotopic (exact) mass is 247 g/mol. The van der Waals surface area contributed by atoms with Crippen LogP contribution in [0.3, 0.4) is 0 Å². The number of rotatable bonds is 6. The molecule has 2 N–H and O–H groups in total. The second-order valence-corrected chi connectivity index (χ2v) is 5.62. The molecule has 1 aliphatic carbocycles. The number of hydrogen-bond donors (Lipinski definition) is 1. The van der Waals surface area contributed by atoms with Gasteiger partial charge in [-0.05, 0) is 38.2 Å². The van der Waals surface area contributed by atoms with Crippen LogP contribution in [0, 0.1) is 6.92 Å². The Bertz CT molecular complexity index is 367. The number of benzene rings is 1. The summed E-state index contributed by atoms with van der Waals surface area (Å²) in [5.74, 6) is 0. The summed E-state index contributed by atoms with van der Waals surface area (Å²) < 4.78 is 5.12. The summed E-state index contributed by atoms with van der Waals surface area (Å²) in [5, 5.41) is 0. The van der Waals surface area contributed by atoms with Crippen LogP contribution in [-0.2, 0) is 10.2 Å². The van der Waals surface area contributed by atoms with E-state index < -0.39 is 0 Å². The van der Waals surface area contributed by atoms with Crippen molar-refractivity contribution in [2.75, 3.05) is 13.7 Å². The fourth-order valence-corrected chi connectivity index (χ4v) is 3.04. The van der Waals surface area contributed by atoms with Gasteiger partial charge in [0.15, 0.2) is 0 Å². The summed E-state index contributed by atoms with van der Waals surface area (Å²) in [6.45, 7) is 2.95. The van der Waals surface area contributed by atoms with Crippen molar-refractivity contribution in [2.24, 2.45) is 5.73 Å². The van der Waals surface area contributed by atoms with E-state index >= 15 is 0 Å². The minimum absolute atomic E-state index is 0.238. The fraction of sp³-hybridized carbons (Fsp3) is 0.625. The minimum Gasteiger partial charge on any atom is -0.385 e. The van der Waals surface area contributed by atoms with E-state index in [0.717, 1.165) is 19.4 Å². The van der Waals surface area contributed by atoms with Crippen molar-refractivity contribution < 1.29 is 4.74 Å². The molecule has 0 radical (unpaired) electrons. The first kappa shape index (κ1) is 13.6. The van der Waals surface area contributed by atoms with Crippen molar-refractivity contribution in [3.05, 3.63) is 35.4 Å². The van der Waals surface area contributed by atoms with Crippen molar-refractivity contribution in [3.8, 4) is 0 Å². The number of aryl methyl sites for hydroxylation is 1.